The maximum absolute atomic E-state index is 10.6. The third-order valence-corrected chi connectivity index (χ3v) is 2.15. The fraction of sp³-hybridized carbons (Fsp3) is 0.100. The van der Waals surface area contributed by atoms with Gasteiger partial charge >= 0.3 is 5.97 Å². The number of rotatable bonds is 3. The summed E-state index contributed by atoms with van der Waals surface area (Å²) >= 11 is 11.3. The second-order valence-corrected chi connectivity index (χ2v) is 3.31. The van der Waals surface area contributed by atoms with E-state index in [1.807, 2.05) is 0 Å². The van der Waals surface area contributed by atoms with Gasteiger partial charge in [0.15, 0.2) is 0 Å². The van der Waals surface area contributed by atoms with Crippen LogP contribution in [0.2, 0.25) is 5.02 Å². The quantitative estimate of drug-likeness (QED) is 0.810. The van der Waals surface area contributed by atoms with E-state index < -0.39 is 5.97 Å². The minimum Gasteiger partial charge on any atom is -0.478 e. The van der Waals surface area contributed by atoms with Gasteiger partial charge in [-0.05, 0) is 23.8 Å². The number of halogens is 2. The fourth-order valence-corrected chi connectivity index (χ4v) is 1.25. The second kappa shape index (κ2) is 5.03. The Hall–Kier alpha value is -0.990. The summed E-state index contributed by atoms with van der Waals surface area (Å²) in [7, 11) is 0. The molecule has 0 saturated heterocycles. The van der Waals surface area contributed by atoms with Crippen LogP contribution in [-0.2, 0) is 0 Å². The molecule has 0 radical (unpaired) electrons. The largest absolute Gasteiger partial charge is 0.478 e. The number of allylic oxidation sites excluding steroid dienone is 1. The molecule has 1 N–H and O–H groups in total. The van der Waals surface area contributed by atoms with E-state index in [0.29, 0.717) is 16.5 Å². The first-order valence-corrected chi connectivity index (χ1v) is 4.81. The van der Waals surface area contributed by atoms with Crippen molar-refractivity contribution >= 4 is 35.2 Å². The number of aromatic carboxylic acids is 1. The lowest BCUT2D eigenvalue weighted by atomic mass is 10.1. The standard InChI is InChI=1S/C10H8Cl2O2/c11-5-1-2-7-6-8(10(13)14)3-4-9(7)12/h1-4,6H,5H2,(H,13,14). The van der Waals surface area contributed by atoms with E-state index in [-0.39, 0.29) is 5.56 Å². The van der Waals surface area contributed by atoms with Crippen molar-refractivity contribution in [2.24, 2.45) is 0 Å². The van der Waals surface area contributed by atoms with Gasteiger partial charge in [-0.15, -0.1) is 11.6 Å². The molecule has 0 spiro atoms. The minimum absolute atomic E-state index is 0.212. The Morgan fingerprint density at radius 3 is 2.79 bits per heavy atom. The molecule has 74 valence electrons. The number of carboxylic acids is 1. The van der Waals surface area contributed by atoms with Gasteiger partial charge in [-0.1, -0.05) is 23.8 Å². The van der Waals surface area contributed by atoms with Gasteiger partial charge in [-0.25, -0.2) is 4.79 Å². The average molecular weight is 231 g/mol. The maximum Gasteiger partial charge on any atom is 0.335 e. The molecule has 0 aliphatic heterocycles. The van der Waals surface area contributed by atoms with Crippen molar-refractivity contribution in [1.29, 1.82) is 0 Å². The number of alkyl halides is 1. The van der Waals surface area contributed by atoms with Gasteiger partial charge in [-0.2, -0.15) is 0 Å². The van der Waals surface area contributed by atoms with Crippen molar-refractivity contribution in [2.75, 3.05) is 5.88 Å². The fourth-order valence-electron chi connectivity index (χ4n) is 0.976. The van der Waals surface area contributed by atoms with Crippen molar-refractivity contribution in [1.82, 2.24) is 0 Å². The van der Waals surface area contributed by atoms with E-state index in [2.05, 4.69) is 0 Å². The van der Waals surface area contributed by atoms with E-state index in [9.17, 15) is 4.79 Å². The lowest BCUT2D eigenvalue weighted by Crippen LogP contribution is -1.96. The monoisotopic (exact) mass is 230 g/mol. The molecular weight excluding hydrogens is 223 g/mol. The summed E-state index contributed by atoms with van der Waals surface area (Å²) in [6.45, 7) is 0. The zero-order valence-corrected chi connectivity index (χ0v) is 8.72. The number of hydrogen-bond acceptors (Lipinski definition) is 1. The van der Waals surface area contributed by atoms with Crippen LogP contribution in [-0.4, -0.2) is 17.0 Å². The average Bonchev–Trinajstić information content (AvgIpc) is 2.16. The molecule has 0 atom stereocenters. The normalized spacial score (nSPS) is 10.7. The zero-order valence-electron chi connectivity index (χ0n) is 7.21. The number of hydrogen-bond donors (Lipinski definition) is 1. The van der Waals surface area contributed by atoms with Crippen LogP contribution in [0.1, 0.15) is 15.9 Å². The Kier molecular flexibility index (Phi) is 3.98. The summed E-state index contributed by atoms with van der Waals surface area (Å²) < 4.78 is 0. The zero-order chi connectivity index (χ0) is 10.6. The molecule has 0 unspecified atom stereocenters. The SMILES string of the molecule is O=C(O)c1ccc(Cl)c(C=CCCl)c1. The molecule has 1 aromatic carbocycles. The molecular formula is C10H8Cl2O2. The summed E-state index contributed by atoms with van der Waals surface area (Å²) in [5, 5.41) is 9.24. The van der Waals surface area contributed by atoms with E-state index >= 15 is 0 Å². The Morgan fingerprint density at radius 2 is 2.21 bits per heavy atom. The Balaban J connectivity index is 3.08. The molecule has 0 aliphatic carbocycles. The van der Waals surface area contributed by atoms with Gasteiger partial charge in [0.05, 0.1) is 5.56 Å². The summed E-state index contributed by atoms with van der Waals surface area (Å²) in [5.41, 5.74) is 0.871. The van der Waals surface area contributed by atoms with Crippen molar-refractivity contribution in [3.8, 4) is 0 Å². The predicted octanol–water partition coefficient (Wildman–Crippen LogP) is 3.29. The molecule has 0 fully saturated rings. The van der Waals surface area contributed by atoms with E-state index in [1.54, 1.807) is 18.2 Å². The predicted molar refractivity (Wildman–Crippen MR) is 58.2 cm³/mol. The van der Waals surface area contributed by atoms with Gasteiger partial charge in [-0.3, -0.25) is 0 Å². The van der Waals surface area contributed by atoms with E-state index in [1.165, 1.54) is 12.1 Å². The molecule has 0 heterocycles. The van der Waals surface area contributed by atoms with Gasteiger partial charge in [0.2, 0.25) is 0 Å². The summed E-state index contributed by atoms with van der Waals surface area (Å²) in [6.07, 6.45) is 3.40. The third kappa shape index (κ3) is 2.76. The molecule has 1 aromatic rings. The lowest BCUT2D eigenvalue weighted by molar-refractivity contribution is 0.0697. The molecule has 0 saturated carbocycles. The van der Waals surface area contributed by atoms with Crippen LogP contribution in [0.4, 0.5) is 0 Å². The third-order valence-electron chi connectivity index (χ3n) is 1.63. The van der Waals surface area contributed by atoms with Crippen LogP contribution in [0, 0.1) is 0 Å². The highest BCUT2D eigenvalue weighted by molar-refractivity contribution is 6.32. The van der Waals surface area contributed by atoms with Crippen LogP contribution in [0.15, 0.2) is 24.3 Å². The van der Waals surface area contributed by atoms with Gasteiger partial charge in [0.1, 0.15) is 0 Å². The first-order valence-electron chi connectivity index (χ1n) is 3.90. The van der Waals surface area contributed by atoms with Gasteiger partial charge in [0, 0.05) is 10.9 Å². The summed E-state index contributed by atoms with van der Waals surface area (Å²) in [4.78, 5) is 10.6. The van der Waals surface area contributed by atoms with Crippen LogP contribution in [0.25, 0.3) is 6.08 Å². The first kappa shape index (κ1) is 11.1. The topological polar surface area (TPSA) is 37.3 Å². The molecule has 14 heavy (non-hydrogen) atoms. The lowest BCUT2D eigenvalue weighted by Gasteiger charge is -1.99. The molecule has 0 bridgehead atoms. The molecule has 0 amide bonds. The molecule has 2 nitrogen and oxygen atoms in total. The highest BCUT2D eigenvalue weighted by Crippen LogP contribution is 2.19. The van der Waals surface area contributed by atoms with Crippen LogP contribution < -0.4 is 0 Å². The van der Waals surface area contributed by atoms with E-state index in [4.69, 9.17) is 28.3 Å². The summed E-state index contributed by atoms with van der Waals surface area (Å²) in [5.74, 6) is -0.602. The molecule has 1 rings (SSSR count). The Bertz CT molecular complexity index is 372. The van der Waals surface area contributed by atoms with Crippen LogP contribution in [0.5, 0.6) is 0 Å². The number of benzene rings is 1. The van der Waals surface area contributed by atoms with Crippen molar-refractivity contribution < 1.29 is 9.90 Å². The number of carboxylic acid groups (broad SMARTS) is 1. The highest BCUT2D eigenvalue weighted by Gasteiger charge is 2.04. The Morgan fingerprint density at radius 1 is 1.50 bits per heavy atom. The molecule has 0 aliphatic rings. The van der Waals surface area contributed by atoms with Crippen LogP contribution in [0.3, 0.4) is 0 Å². The highest BCUT2D eigenvalue weighted by atomic mass is 35.5. The van der Waals surface area contributed by atoms with E-state index in [0.717, 1.165) is 0 Å². The minimum atomic E-state index is -0.970. The molecule has 0 aromatic heterocycles. The van der Waals surface area contributed by atoms with Crippen molar-refractivity contribution in [3.63, 3.8) is 0 Å². The van der Waals surface area contributed by atoms with Gasteiger partial charge < -0.3 is 5.11 Å². The summed E-state index contributed by atoms with van der Waals surface area (Å²) in [6, 6.07) is 4.52. The maximum atomic E-state index is 10.6. The van der Waals surface area contributed by atoms with Crippen molar-refractivity contribution in [2.45, 2.75) is 0 Å². The van der Waals surface area contributed by atoms with Gasteiger partial charge in [0.25, 0.3) is 0 Å². The molecule has 4 heteroatoms. The Labute approximate surface area is 91.8 Å². The van der Waals surface area contributed by atoms with Crippen molar-refractivity contribution in [3.05, 3.63) is 40.4 Å². The first-order chi connectivity index (χ1) is 6.65. The van der Waals surface area contributed by atoms with Crippen LogP contribution >= 0.6 is 23.2 Å². The smallest absolute Gasteiger partial charge is 0.335 e. The second-order valence-electron chi connectivity index (χ2n) is 2.60. The number of carbonyl (C=O) groups is 1.